The molecule has 0 heterocycles. The highest BCUT2D eigenvalue weighted by Gasteiger charge is 2.18. The third-order valence-electron chi connectivity index (χ3n) is 4.16. The van der Waals surface area contributed by atoms with Gasteiger partial charge in [0, 0.05) is 5.56 Å². The summed E-state index contributed by atoms with van der Waals surface area (Å²) < 4.78 is 14.6. The third-order valence-corrected chi connectivity index (χ3v) is 4.16. The van der Waals surface area contributed by atoms with E-state index in [1.54, 1.807) is 25.1 Å². The first kappa shape index (κ1) is 15.9. The molecule has 0 aliphatic carbocycles. The van der Waals surface area contributed by atoms with Crippen LogP contribution in [0.15, 0.2) is 72.8 Å². The van der Waals surface area contributed by atoms with Gasteiger partial charge in [-0.3, -0.25) is 4.79 Å². The van der Waals surface area contributed by atoms with Gasteiger partial charge in [-0.1, -0.05) is 66.7 Å². The minimum atomic E-state index is -0.899. The van der Waals surface area contributed by atoms with Gasteiger partial charge in [-0.25, -0.2) is 4.39 Å². The molecule has 120 valence electrons. The number of hydrogen-bond acceptors (Lipinski definition) is 1. The zero-order valence-electron chi connectivity index (χ0n) is 13.2. The van der Waals surface area contributed by atoms with Gasteiger partial charge in [0.2, 0.25) is 0 Å². The van der Waals surface area contributed by atoms with Gasteiger partial charge in [0.15, 0.2) is 0 Å². The maximum Gasteiger partial charge on any atom is 0.310 e. The monoisotopic (exact) mass is 320 g/mol. The molecule has 3 rings (SSSR count). The van der Waals surface area contributed by atoms with Gasteiger partial charge in [0.25, 0.3) is 0 Å². The maximum absolute atomic E-state index is 14.6. The molecular weight excluding hydrogens is 303 g/mol. The highest BCUT2D eigenvalue weighted by molar-refractivity contribution is 5.81. The van der Waals surface area contributed by atoms with Crippen LogP contribution >= 0.6 is 0 Å². The normalized spacial score (nSPS) is 11.9. The van der Waals surface area contributed by atoms with Crippen LogP contribution in [0, 0.1) is 5.82 Å². The van der Waals surface area contributed by atoms with Crippen LogP contribution in [-0.2, 0) is 4.79 Å². The van der Waals surface area contributed by atoms with E-state index in [0.717, 1.165) is 11.1 Å². The number of carboxylic acid groups (broad SMARTS) is 1. The average molecular weight is 320 g/mol. The lowest BCUT2D eigenvalue weighted by Crippen LogP contribution is -2.08. The van der Waals surface area contributed by atoms with Gasteiger partial charge >= 0.3 is 5.97 Å². The fraction of sp³-hybridized carbons (Fsp3) is 0.0952. The fourth-order valence-electron chi connectivity index (χ4n) is 2.80. The Balaban J connectivity index is 2.06. The number of benzene rings is 3. The predicted molar refractivity (Wildman–Crippen MR) is 93.3 cm³/mol. The van der Waals surface area contributed by atoms with Crippen molar-refractivity contribution in [2.75, 3.05) is 0 Å². The average Bonchev–Trinajstić information content (AvgIpc) is 2.61. The van der Waals surface area contributed by atoms with Crippen molar-refractivity contribution in [3.8, 4) is 22.3 Å². The maximum atomic E-state index is 14.6. The molecule has 3 aromatic rings. The summed E-state index contributed by atoms with van der Waals surface area (Å²) in [6.45, 7) is 1.63. The molecule has 0 spiro atoms. The van der Waals surface area contributed by atoms with Crippen LogP contribution in [0.5, 0.6) is 0 Å². The molecule has 3 heteroatoms. The zero-order chi connectivity index (χ0) is 17.1. The van der Waals surface area contributed by atoms with Gasteiger partial charge in [-0.05, 0) is 35.2 Å². The lowest BCUT2D eigenvalue weighted by atomic mass is 9.90. The topological polar surface area (TPSA) is 37.3 Å². The summed E-state index contributed by atoms with van der Waals surface area (Å²) in [6.07, 6.45) is 0. The number of aliphatic carboxylic acids is 1. The second kappa shape index (κ2) is 6.67. The molecule has 0 radical (unpaired) electrons. The third kappa shape index (κ3) is 3.06. The molecule has 0 aliphatic heterocycles. The van der Waals surface area contributed by atoms with Crippen molar-refractivity contribution in [1.29, 1.82) is 0 Å². The van der Waals surface area contributed by atoms with Crippen LogP contribution in [0.4, 0.5) is 4.39 Å². The van der Waals surface area contributed by atoms with E-state index in [0.29, 0.717) is 16.7 Å². The summed E-state index contributed by atoms with van der Waals surface area (Å²) in [5.41, 5.74) is 3.44. The van der Waals surface area contributed by atoms with Crippen molar-refractivity contribution in [2.24, 2.45) is 0 Å². The molecule has 24 heavy (non-hydrogen) atoms. The summed E-state index contributed by atoms with van der Waals surface area (Å²) in [7, 11) is 0. The molecule has 0 saturated heterocycles. The number of hydrogen-bond donors (Lipinski definition) is 1. The Hall–Kier alpha value is -2.94. The van der Waals surface area contributed by atoms with E-state index in [-0.39, 0.29) is 5.82 Å². The first-order chi connectivity index (χ1) is 11.6. The van der Waals surface area contributed by atoms with Gasteiger partial charge in [0.05, 0.1) is 5.92 Å². The first-order valence-corrected chi connectivity index (χ1v) is 7.75. The number of carboxylic acids is 1. The zero-order valence-corrected chi connectivity index (χ0v) is 13.2. The SMILES string of the molecule is CC(C(=O)O)c1ccccc1-c1ccc(-c2ccccc2)c(F)c1. The quantitative estimate of drug-likeness (QED) is 0.704. The van der Waals surface area contributed by atoms with E-state index >= 15 is 0 Å². The standard InChI is InChI=1S/C21H17FO2/c1-14(21(23)24)17-9-5-6-10-18(17)16-11-12-19(20(22)13-16)15-7-3-2-4-8-15/h2-14H,1H3,(H,23,24). The molecule has 1 N–H and O–H groups in total. The summed E-state index contributed by atoms with van der Waals surface area (Å²) in [6, 6.07) is 21.6. The van der Waals surface area contributed by atoms with Crippen molar-refractivity contribution in [2.45, 2.75) is 12.8 Å². The summed E-state index contributed by atoms with van der Waals surface area (Å²) in [5, 5.41) is 9.28. The summed E-state index contributed by atoms with van der Waals surface area (Å²) in [4.78, 5) is 11.3. The molecule has 0 aromatic heterocycles. The second-order valence-corrected chi connectivity index (χ2v) is 5.71. The van der Waals surface area contributed by atoms with Crippen LogP contribution in [0.2, 0.25) is 0 Å². The Labute approximate surface area is 140 Å². The van der Waals surface area contributed by atoms with Crippen LogP contribution in [0.1, 0.15) is 18.4 Å². The van der Waals surface area contributed by atoms with E-state index < -0.39 is 11.9 Å². The molecule has 2 nitrogen and oxygen atoms in total. The predicted octanol–water partition coefficient (Wildman–Crippen LogP) is 5.35. The van der Waals surface area contributed by atoms with Crippen molar-refractivity contribution in [1.82, 2.24) is 0 Å². The molecule has 1 atom stereocenters. The second-order valence-electron chi connectivity index (χ2n) is 5.71. The number of rotatable bonds is 4. The highest BCUT2D eigenvalue weighted by Crippen LogP contribution is 2.32. The smallest absolute Gasteiger partial charge is 0.310 e. The molecule has 0 aliphatic rings. The van der Waals surface area contributed by atoms with Gasteiger partial charge < -0.3 is 5.11 Å². The van der Waals surface area contributed by atoms with Gasteiger partial charge in [-0.2, -0.15) is 0 Å². The van der Waals surface area contributed by atoms with E-state index in [2.05, 4.69) is 0 Å². The van der Waals surface area contributed by atoms with Crippen LogP contribution in [-0.4, -0.2) is 11.1 Å². The summed E-state index contributed by atoms with van der Waals surface area (Å²) in [5.74, 6) is -1.88. The Bertz CT molecular complexity index is 872. The largest absolute Gasteiger partial charge is 0.481 e. The van der Waals surface area contributed by atoms with E-state index in [1.807, 2.05) is 48.5 Å². The van der Waals surface area contributed by atoms with Gasteiger partial charge in [0.1, 0.15) is 5.82 Å². The van der Waals surface area contributed by atoms with Crippen LogP contribution < -0.4 is 0 Å². The first-order valence-electron chi connectivity index (χ1n) is 7.75. The van der Waals surface area contributed by atoms with E-state index in [9.17, 15) is 14.3 Å². The van der Waals surface area contributed by atoms with Crippen molar-refractivity contribution in [3.63, 3.8) is 0 Å². The van der Waals surface area contributed by atoms with Crippen molar-refractivity contribution < 1.29 is 14.3 Å². The molecule has 1 unspecified atom stereocenters. The van der Waals surface area contributed by atoms with Crippen molar-refractivity contribution >= 4 is 5.97 Å². The molecule has 0 fully saturated rings. The minimum Gasteiger partial charge on any atom is -0.481 e. The molecule has 0 bridgehead atoms. The lowest BCUT2D eigenvalue weighted by Gasteiger charge is -2.14. The van der Waals surface area contributed by atoms with Crippen molar-refractivity contribution in [3.05, 3.63) is 84.2 Å². The molecule has 0 amide bonds. The molecule has 0 saturated carbocycles. The van der Waals surface area contributed by atoms with Crippen LogP contribution in [0.25, 0.3) is 22.3 Å². The van der Waals surface area contributed by atoms with Gasteiger partial charge in [-0.15, -0.1) is 0 Å². The molecule has 3 aromatic carbocycles. The number of carbonyl (C=O) groups is 1. The molecular formula is C21H17FO2. The number of halogens is 1. The fourth-order valence-corrected chi connectivity index (χ4v) is 2.80. The Kier molecular flexibility index (Phi) is 4.43. The Morgan fingerprint density at radius 2 is 1.54 bits per heavy atom. The van der Waals surface area contributed by atoms with E-state index in [1.165, 1.54) is 6.07 Å². The Morgan fingerprint density at radius 3 is 2.21 bits per heavy atom. The van der Waals surface area contributed by atoms with Crippen LogP contribution in [0.3, 0.4) is 0 Å². The lowest BCUT2D eigenvalue weighted by molar-refractivity contribution is -0.138. The highest BCUT2D eigenvalue weighted by atomic mass is 19.1. The van der Waals surface area contributed by atoms with E-state index in [4.69, 9.17) is 0 Å². The summed E-state index contributed by atoms with van der Waals surface area (Å²) >= 11 is 0. The minimum absolute atomic E-state index is 0.323. The Morgan fingerprint density at radius 1 is 0.875 bits per heavy atom.